The molecule has 0 aromatic carbocycles. The molecule has 156 valence electrons. The van der Waals surface area contributed by atoms with Crippen molar-refractivity contribution in [3.63, 3.8) is 0 Å². The molecule has 3 heterocycles. The number of hydrogen-bond acceptors (Lipinski definition) is 9. The van der Waals surface area contributed by atoms with Gasteiger partial charge in [-0.15, -0.1) is 16.4 Å². The normalized spacial score (nSPS) is 12.6. The second-order valence-electron chi connectivity index (χ2n) is 6.86. The number of rotatable bonds is 5. The predicted molar refractivity (Wildman–Crippen MR) is 107 cm³/mol. The van der Waals surface area contributed by atoms with Gasteiger partial charge in [-0.2, -0.15) is 4.98 Å². The largest absolute Gasteiger partial charge is 0.465 e. The number of nitrogens with zero attached hydrogens (tertiary/aromatic N) is 4. The number of aryl methyl sites for hydroxylation is 3. The first-order chi connectivity index (χ1) is 14.4. The lowest BCUT2D eigenvalue weighted by atomic mass is 10.1. The van der Waals surface area contributed by atoms with Crippen LogP contribution in [0.4, 0.5) is 5.00 Å². The van der Waals surface area contributed by atoms with E-state index in [1.807, 2.05) is 19.9 Å². The van der Waals surface area contributed by atoms with Crippen molar-refractivity contribution in [3.8, 4) is 0 Å². The maximum atomic E-state index is 12.3. The van der Waals surface area contributed by atoms with Crippen LogP contribution in [0.5, 0.6) is 0 Å². The number of ether oxygens (including phenoxy) is 2. The molecule has 3 aromatic rings. The average molecular weight is 429 g/mol. The molecule has 0 aliphatic heterocycles. The van der Waals surface area contributed by atoms with E-state index in [1.165, 1.54) is 23.0 Å². The van der Waals surface area contributed by atoms with Crippen molar-refractivity contribution >= 4 is 40.0 Å². The Kier molecular flexibility index (Phi) is 5.20. The zero-order valence-electron chi connectivity index (χ0n) is 16.6. The lowest BCUT2D eigenvalue weighted by molar-refractivity contribution is -0.119. The van der Waals surface area contributed by atoms with Gasteiger partial charge in [0.2, 0.25) is 0 Å². The summed E-state index contributed by atoms with van der Waals surface area (Å²) in [7, 11) is 1.30. The topological polar surface area (TPSA) is 125 Å². The highest BCUT2D eigenvalue weighted by molar-refractivity contribution is 7.17. The molecule has 0 spiro atoms. The second kappa shape index (κ2) is 7.82. The number of carbonyl (C=O) groups excluding carboxylic acids is 3. The van der Waals surface area contributed by atoms with Gasteiger partial charge < -0.3 is 14.8 Å². The van der Waals surface area contributed by atoms with Crippen LogP contribution in [0.2, 0.25) is 0 Å². The summed E-state index contributed by atoms with van der Waals surface area (Å²) in [6.45, 7) is 3.09. The van der Waals surface area contributed by atoms with Gasteiger partial charge in [-0.1, -0.05) is 0 Å². The number of esters is 2. The van der Waals surface area contributed by atoms with Crippen LogP contribution in [-0.2, 0) is 27.1 Å². The van der Waals surface area contributed by atoms with E-state index in [0.29, 0.717) is 10.6 Å². The third-order valence-corrected chi connectivity index (χ3v) is 5.91. The van der Waals surface area contributed by atoms with Crippen LogP contribution < -0.4 is 5.32 Å². The van der Waals surface area contributed by atoms with Gasteiger partial charge in [-0.05, 0) is 44.7 Å². The minimum atomic E-state index is -0.838. The zero-order chi connectivity index (χ0) is 21.4. The van der Waals surface area contributed by atoms with Crippen molar-refractivity contribution < 1.29 is 23.9 Å². The van der Waals surface area contributed by atoms with E-state index in [2.05, 4.69) is 20.4 Å². The van der Waals surface area contributed by atoms with E-state index < -0.39 is 24.5 Å². The first kappa shape index (κ1) is 20.0. The zero-order valence-corrected chi connectivity index (χ0v) is 17.5. The standard InChI is InChI=1S/C19H19N5O5S/c1-9-7-10(2)24-19(20-9)22-15(23-24)18(27)29-8-13(25)21-16-14(17(26)28-3)11-5-4-6-12(11)30-16/h7H,4-6,8H2,1-3H3,(H,21,25). The summed E-state index contributed by atoms with van der Waals surface area (Å²) in [5, 5.41) is 7.13. The number of nitrogens with one attached hydrogen (secondary N) is 1. The Morgan fingerprint density at radius 2 is 2.00 bits per heavy atom. The molecule has 4 rings (SSSR count). The molecule has 0 radical (unpaired) electrons. The van der Waals surface area contributed by atoms with Gasteiger partial charge in [0.05, 0.1) is 12.7 Å². The van der Waals surface area contributed by atoms with Crippen molar-refractivity contribution in [1.82, 2.24) is 19.6 Å². The molecule has 0 bridgehead atoms. The minimum Gasteiger partial charge on any atom is -0.465 e. The molecule has 10 nitrogen and oxygen atoms in total. The maximum absolute atomic E-state index is 12.3. The summed E-state index contributed by atoms with van der Waals surface area (Å²) in [5.41, 5.74) is 2.82. The van der Waals surface area contributed by atoms with Crippen molar-refractivity contribution in [2.24, 2.45) is 0 Å². The summed E-state index contributed by atoms with van der Waals surface area (Å²) in [4.78, 5) is 46.1. The molecule has 0 saturated carbocycles. The van der Waals surface area contributed by atoms with E-state index >= 15 is 0 Å². The molecular weight excluding hydrogens is 410 g/mol. The smallest absolute Gasteiger partial charge is 0.378 e. The van der Waals surface area contributed by atoms with Gasteiger partial charge in [-0.3, -0.25) is 4.79 Å². The van der Waals surface area contributed by atoms with E-state index in [0.717, 1.165) is 41.1 Å². The Labute approximate surface area is 175 Å². The molecule has 30 heavy (non-hydrogen) atoms. The molecule has 1 aliphatic carbocycles. The van der Waals surface area contributed by atoms with E-state index in [4.69, 9.17) is 9.47 Å². The van der Waals surface area contributed by atoms with Crippen molar-refractivity contribution in [1.29, 1.82) is 0 Å². The minimum absolute atomic E-state index is 0.186. The van der Waals surface area contributed by atoms with Gasteiger partial charge in [-0.25, -0.2) is 19.1 Å². The molecule has 1 amide bonds. The number of fused-ring (bicyclic) bond motifs is 2. The summed E-state index contributed by atoms with van der Waals surface area (Å²) in [5.74, 6) is -1.81. The number of carbonyl (C=O) groups is 3. The van der Waals surface area contributed by atoms with Crippen molar-refractivity contribution in [3.05, 3.63) is 39.3 Å². The first-order valence-electron chi connectivity index (χ1n) is 9.28. The number of amides is 1. The lowest BCUT2D eigenvalue weighted by Gasteiger charge is -2.07. The third kappa shape index (κ3) is 3.63. The molecule has 0 saturated heterocycles. The Morgan fingerprint density at radius 1 is 1.20 bits per heavy atom. The van der Waals surface area contributed by atoms with Crippen LogP contribution in [0, 0.1) is 13.8 Å². The average Bonchev–Trinajstić information content (AvgIpc) is 3.39. The van der Waals surface area contributed by atoms with Crippen LogP contribution in [0.25, 0.3) is 5.78 Å². The van der Waals surface area contributed by atoms with Crippen LogP contribution in [-0.4, -0.2) is 51.1 Å². The number of methoxy groups -OCH3 is 1. The first-order valence-corrected chi connectivity index (χ1v) is 10.1. The van der Waals surface area contributed by atoms with Gasteiger partial charge >= 0.3 is 11.9 Å². The SMILES string of the molecule is COC(=O)c1c(NC(=O)COC(=O)c2nc3nc(C)cc(C)n3n2)sc2c1CCC2. The van der Waals surface area contributed by atoms with Crippen molar-refractivity contribution in [2.45, 2.75) is 33.1 Å². The highest BCUT2D eigenvalue weighted by atomic mass is 32.1. The Bertz CT molecular complexity index is 1180. The fraction of sp³-hybridized carbons (Fsp3) is 0.368. The summed E-state index contributed by atoms with van der Waals surface area (Å²) in [6.07, 6.45) is 2.60. The molecule has 3 aromatic heterocycles. The third-order valence-electron chi connectivity index (χ3n) is 4.70. The van der Waals surface area contributed by atoms with Gasteiger partial charge in [0, 0.05) is 16.3 Å². The van der Waals surface area contributed by atoms with Crippen LogP contribution in [0.15, 0.2) is 6.07 Å². The molecule has 11 heteroatoms. The van der Waals surface area contributed by atoms with Gasteiger partial charge in [0.15, 0.2) is 6.61 Å². The summed E-state index contributed by atoms with van der Waals surface area (Å²) < 4.78 is 11.3. The Morgan fingerprint density at radius 3 is 2.77 bits per heavy atom. The summed E-state index contributed by atoms with van der Waals surface area (Å²) in [6, 6.07) is 1.81. The number of aromatic nitrogens is 4. The number of hydrogen-bond donors (Lipinski definition) is 1. The molecule has 1 aliphatic rings. The van der Waals surface area contributed by atoms with E-state index in [-0.39, 0.29) is 11.6 Å². The van der Waals surface area contributed by atoms with Crippen LogP contribution in [0.1, 0.15) is 49.2 Å². The van der Waals surface area contributed by atoms with Gasteiger partial charge in [0.25, 0.3) is 17.5 Å². The highest BCUT2D eigenvalue weighted by Gasteiger charge is 2.28. The molecule has 0 fully saturated rings. The van der Waals surface area contributed by atoms with Crippen molar-refractivity contribution in [2.75, 3.05) is 19.0 Å². The quantitative estimate of drug-likeness (QED) is 0.610. The van der Waals surface area contributed by atoms with Crippen LogP contribution >= 0.6 is 11.3 Å². The van der Waals surface area contributed by atoms with Gasteiger partial charge in [0.1, 0.15) is 5.00 Å². The monoisotopic (exact) mass is 429 g/mol. The number of anilines is 1. The maximum Gasteiger partial charge on any atom is 0.378 e. The molecule has 0 atom stereocenters. The van der Waals surface area contributed by atoms with E-state index in [9.17, 15) is 14.4 Å². The molecular formula is C19H19N5O5S. The lowest BCUT2D eigenvalue weighted by Crippen LogP contribution is -2.22. The summed E-state index contributed by atoms with van der Waals surface area (Å²) >= 11 is 1.35. The highest BCUT2D eigenvalue weighted by Crippen LogP contribution is 2.39. The Hall–Kier alpha value is -3.34. The Balaban J connectivity index is 1.44. The fourth-order valence-electron chi connectivity index (χ4n) is 3.42. The van der Waals surface area contributed by atoms with E-state index in [1.54, 1.807) is 0 Å². The second-order valence-corrected chi connectivity index (χ2v) is 7.97. The predicted octanol–water partition coefficient (Wildman–Crippen LogP) is 1.87. The fourth-order valence-corrected chi connectivity index (χ4v) is 4.72. The molecule has 0 unspecified atom stereocenters. The molecule has 1 N–H and O–H groups in total. The van der Waals surface area contributed by atoms with Crippen LogP contribution in [0.3, 0.4) is 0 Å². The number of thiophene rings is 1.